The predicted molar refractivity (Wildman–Crippen MR) is 59.7 cm³/mol. The molecule has 4 nitrogen and oxygen atoms in total. The Hall–Kier alpha value is -1.47. The average Bonchev–Trinajstić information content (AvgIpc) is 2.28. The number of amidine groups is 1. The molecule has 0 fully saturated rings. The number of hydrogen-bond donors (Lipinski definition) is 2. The number of alkyl halides is 3. The number of halogens is 4. The van der Waals surface area contributed by atoms with Crippen LogP contribution >= 0.6 is 11.6 Å². The van der Waals surface area contributed by atoms with E-state index in [1.54, 1.807) is 0 Å². The normalized spacial score (nSPS) is 12.8. The topological polar surface area (TPSA) is 67.8 Å². The molecule has 0 radical (unpaired) electrons. The first-order valence-corrected chi connectivity index (χ1v) is 5.12. The summed E-state index contributed by atoms with van der Waals surface area (Å²) in [5, 5.41) is 11.4. The van der Waals surface area contributed by atoms with Crippen LogP contribution < -0.4 is 5.73 Å². The van der Waals surface area contributed by atoms with E-state index >= 15 is 0 Å². The molecule has 0 aliphatic carbocycles. The molecule has 0 aliphatic rings. The fourth-order valence-corrected chi connectivity index (χ4v) is 1.39. The SMILES string of the molecule is N/C(=N/O)c1ccc(COCC(F)(F)F)c(Cl)c1. The number of oxime groups is 1. The molecule has 8 heteroatoms. The van der Waals surface area contributed by atoms with Gasteiger partial charge in [-0.2, -0.15) is 13.2 Å². The minimum Gasteiger partial charge on any atom is -0.409 e. The maximum Gasteiger partial charge on any atom is 0.411 e. The van der Waals surface area contributed by atoms with Crippen LogP contribution in [-0.2, 0) is 11.3 Å². The Morgan fingerprint density at radius 1 is 1.44 bits per heavy atom. The van der Waals surface area contributed by atoms with E-state index in [9.17, 15) is 13.2 Å². The number of benzene rings is 1. The summed E-state index contributed by atoms with van der Waals surface area (Å²) < 4.78 is 40.0. The molecule has 0 aliphatic heterocycles. The Kier molecular flexibility index (Phi) is 4.80. The number of hydrogen-bond acceptors (Lipinski definition) is 3. The van der Waals surface area contributed by atoms with Crippen LogP contribution in [0.1, 0.15) is 11.1 Å². The van der Waals surface area contributed by atoms with E-state index in [0.29, 0.717) is 11.1 Å². The average molecular weight is 283 g/mol. The highest BCUT2D eigenvalue weighted by Crippen LogP contribution is 2.21. The molecule has 0 amide bonds. The molecule has 0 atom stereocenters. The van der Waals surface area contributed by atoms with Gasteiger partial charge in [-0.05, 0) is 11.6 Å². The second-order valence-corrected chi connectivity index (χ2v) is 3.81. The molecule has 0 heterocycles. The van der Waals surface area contributed by atoms with Crippen molar-refractivity contribution in [2.75, 3.05) is 6.61 Å². The molecule has 1 rings (SSSR count). The van der Waals surface area contributed by atoms with E-state index in [2.05, 4.69) is 9.89 Å². The first-order valence-electron chi connectivity index (χ1n) is 4.74. The number of rotatable bonds is 4. The molecule has 0 saturated heterocycles. The van der Waals surface area contributed by atoms with Crippen molar-refractivity contribution in [3.05, 3.63) is 34.3 Å². The highest BCUT2D eigenvalue weighted by atomic mass is 35.5. The minimum atomic E-state index is -4.37. The van der Waals surface area contributed by atoms with Crippen molar-refractivity contribution in [1.29, 1.82) is 0 Å². The van der Waals surface area contributed by atoms with E-state index in [-0.39, 0.29) is 17.5 Å². The zero-order valence-electron chi connectivity index (χ0n) is 9.04. The summed E-state index contributed by atoms with van der Waals surface area (Å²) in [6, 6.07) is 4.29. The molecule has 1 aromatic rings. The molecule has 3 N–H and O–H groups in total. The predicted octanol–water partition coefficient (Wildman–Crippen LogP) is 2.51. The third-order valence-electron chi connectivity index (χ3n) is 1.98. The van der Waals surface area contributed by atoms with Crippen LogP contribution in [0.3, 0.4) is 0 Å². The van der Waals surface area contributed by atoms with Crippen molar-refractivity contribution in [2.45, 2.75) is 12.8 Å². The van der Waals surface area contributed by atoms with Gasteiger partial charge in [0, 0.05) is 10.6 Å². The van der Waals surface area contributed by atoms with Crippen LogP contribution in [0.5, 0.6) is 0 Å². The van der Waals surface area contributed by atoms with Crippen LogP contribution in [0, 0.1) is 0 Å². The molecule has 0 saturated carbocycles. The number of ether oxygens (including phenoxy) is 1. The molecule has 1 aromatic carbocycles. The summed E-state index contributed by atoms with van der Waals surface area (Å²) in [6.07, 6.45) is -4.37. The van der Waals surface area contributed by atoms with Crippen molar-refractivity contribution in [2.24, 2.45) is 10.9 Å². The third-order valence-corrected chi connectivity index (χ3v) is 2.33. The van der Waals surface area contributed by atoms with Crippen molar-refractivity contribution < 1.29 is 23.1 Å². The highest BCUT2D eigenvalue weighted by molar-refractivity contribution is 6.31. The molecule has 100 valence electrons. The van der Waals surface area contributed by atoms with Crippen LogP contribution in [0.15, 0.2) is 23.4 Å². The van der Waals surface area contributed by atoms with E-state index in [1.165, 1.54) is 18.2 Å². The second-order valence-electron chi connectivity index (χ2n) is 3.40. The minimum absolute atomic E-state index is 0.139. The Morgan fingerprint density at radius 3 is 2.61 bits per heavy atom. The van der Waals surface area contributed by atoms with Gasteiger partial charge < -0.3 is 15.7 Å². The lowest BCUT2D eigenvalue weighted by molar-refractivity contribution is -0.176. The fourth-order valence-electron chi connectivity index (χ4n) is 1.16. The zero-order chi connectivity index (χ0) is 13.8. The van der Waals surface area contributed by atoms with Gasteiger partial charge in [-0.1, -0.05) is 28.9 Å². The standard InChI is InChI=1S/C10H10ClF3N2O2/c11-8-3-6(9(15)16-17)1-2-7(8)4-18-5-10(12,13)14/h1-3,17H,4-5H2,(H2,15,16). The monoisotopic (exact) mass is 282 g/mol. The lowest BCUT2D eigenvalue weighted by atomic mass is 10.1. The van der Waals surface area contributed by atoms with E-state index in [1.807, 2.05) is 0 Å². The molecule has 0 spiro atoms. The van der Waals surface area contributed by atoms with Crippen molar-refractivity contribution in [1.82, 2.24) is 0 Å². The van der Waals surface area contributed by atoms with E-state index in [0.717, 1.165) is 0 Å². The molecule has 0 aromatic heterocycles. The lowest BCUT2D eigenvalue weighted by Crippen LogP contribution is -2.17. The molecule has 0 bridgehead atoms. The highest BCUT2D eigenvalue weighted by Gasteiger charge is 2.27. The van der Waals surface area contributed by atoms with Gasteiger partial charge in [-0.15, -0.1) is 0 Å². The van der Waals surface area contributed by atoms with Crippen LogP contribution in [0.25, 0.3) is 0 Å². The summed E-state index contributed by atoms with van der Waals surface area (Å²) in [5.74, 6) is -0.139. The maximum absolute atomic E-state index is 11.9. The third kappa shape index (κ3) is 4.42. The van der Waals surface area contributed by atoms with Gasteiger partial charge in [-0.25, -0.2) is 0 Å². The Balaban J connectivity index is 2.69. The number of nitrogens with zero attached hydrogens (tertiary/aromatic N) is 1. The van der Waals surface area contributed by atoms with Gasteiger partial charge in [0.1, 0.15) is 6.61 Å². The van der Waals surface area contributed by atoms with E-state index < -0.39 is 12.8 Å². The lowest BCUT2D eigenvalue weighted by Gasteiger charge is -2.09. The second kappa shape index (κ2) is 5.92. The summed E-state index contributed by atoms with van der Waals surface area (Å²) in [4.78, 5) is 0. The van der Waals surface area contributed by atoms with Gasteiger partial charge in [-0.3, -0.25) is 0 Å². The maximum atomic E-state index is 11.9. The van der Waals surface area contributed by atoms with Gasteiger partial charge in [0.15, 0.2) is 5.84 Å². The van der Waals surface area contributed by atoms with Crippen molar-refractivity contribution >= 4 is 17.4 Å². The van der Waals surface area contributed by atoms with Crippen molar-refractivity contribution in [3.63, 3.8) is 0 Å². The van der Waals surface area contributed by atoms with Gasteiger partial charge in [0.05, 0.1) is 6.61 Å². The smallest absolute Gasteiger partial charge is 0.409 e. The Labute approximate surface area is 106 Å². The summed E-state index contributed by atoms with van der Waals surface area (Å²) in [7, 11) is 0. The first kappa shape index (κ1) is 14.6. The van der Waals surface area contributed by atoms with Crippen LogP contribution in [0.2, 0.25) is 5.02 Å². The molecular formula is C10H10ClF3N2O2. The number of nitrogens with two attached hydrogens (primary N) is 1. The molecule has 18 heavy (non-hydrogen) atoms. The van der Waals surface area contributed by atoms with Crippen LogP contribution in [-0.4, -0.2) is 23.8 Å². The fraction of sp³-hybridized carbons (Fsp3) is 0.300. The van der Waals surface area contributed by atoms with Crippen molar-refractivity contribution in [3.8, 4) is 0 Å². The zero-order valence-corrected chi connectivity index (χ0v) is 9.79. The Bertz CT molecular complexity index is 449. The van der Waals surface area contributed by atoms with Gasteiger partial charge in [0.25, 0.3) is 0 Å². The summed E-state index contributed by atoms with van der Waals surface area (Å²) in [6.45, 7) is -1.61. The largest absolute Gasteiger partial charge is 0.411 e. The quantitative estimate of drug-likeness (QED) is 0.386. The molecule has 0 unspecified atom stereocenters. The van der Waals surface area contributed by atoms with Gasteiger partial charge >= 0.3 is 6.18 Å². The van der Waals surface area contributed by atoms with E-state index in [4.69, 9.17) is 22.5 Å². The first-order chi connectivity index (χ1) is 8.33. The van der Waals surface area contributed by atoms with Crippen LogP contribution in [0.4, 0.5) is 13.2 Å². The molecular weight excluding hydrogens is 273 g/mol. The van der Waals surface area contributed by atoms with Gasteiger partial charge in [0.2, 0.25) is 0 Å². The Morgan fingerprint density at radius 2 is 2.11 bits per heavy atom. The summed E-state index contributed by atoms with van der Waals surface area (Å²) >= 11 is 5.83. The summed E-state index contributed by atoms with van der Waals surface area (Å²) in [5.41, 5.74) is 6.08.